The van der Waals surface area contributed by atoms with Gasteiger partial charge in [0.05, 0.1) is 0 Å². The highest BCUT2D eigenvalue weighted by molar-refractivity contribution is 5.97. The second-order valence-electron chi connectivity index (χ2n) is 7.52. The van der Waals surface area contributed by atoms with Crippen LogP contribution in [-0.4, -0.2) is 52.3 Å². The van der Waals surface area contributed by atoms with Crippen LogP contribution >= 0.6 is 12.4 Å². The number of fused-ring (bicyclic) bond motifs is 1. The summed E-state index contributed by atoms with van der Waals surface area (Å²) < 4.78 is 10.2. The van der Waals surface area contributed by atoms with Gasteiger partial charge >= 0.3 is 5.97 Å². The molecular weight excluding hydrogens is 384 g/mol. The van der Waals surface area contributed by atoms with Crippen LogP contribution in [0.15, 0.2) is 22.8 Å². The quantitative estimate of drug-likeness (QED) is 0.753. The van der Waals surface area contributed by atoms with E-state index in [1.165, 1.54) is 0 Å². The summed E-state index contributed by atoms with van der Waals surface area (Å²) in [6, 6.07) is 4.66. The highest BCUT2D eigenvalue weighted by Crippen LogP contribution is 2.26. The summed E-state index contributed by atoms with van der Waals surface area (Å²) in [6.45, 7) is 3.80. The fourth-order valence-electron chi connectivity index (χ4n) is 3.35. The first kappa shape index (κ1) is 22.1. The van der Waals surface area contributed by atoms with Crippen molar-refractivity contribution >= 4 is 35.3 Å². The number of carbonyl (C=O) groups excluding carboxylic acids is 2. The van der Waals surface area contributed by atoms with Crippen LogP contribution in [0.25, 0.3) is 11.0 Å². The van der Waals surface area contributed by atoms with Crippen molar-refractivity contribution in [3.05, 3.63) is 23.8 Å². The number of carbonyl (C=O) groups is 2. The molecule has 0 radical (unpaired) electrons. The molecule has 0 spiro atoms. The third-order valence-corrected chi connectivity index (χ3v) is 5.29. The molecule has 0 bridgehead atoms. The number of hydrogen-bond acceptors (Lipinski definition) is 7. The lowest BCUT2D eigenvalue weighted by Crippen LogP contribution is -2.43. The Labute approximate surface area is 170 Å². The maximum atomic E-state index is 12.8. The molecule has 1 amide bonds. The summed E-state index contributed by atoms with van der Waals surface area (Å²) in [5.74, 6) is -0.357. The topological polar surface area (TPSA) is 112 Å². The van der Waals surface area contributed by atoms with Crippen molar-refractivity contribution in [2.45, 2.75) is 57.7 Å². The van der Waals surface area contributed by atoms with Crippen molar-refractivity contribution < 1.29 is 19.0 Å². The van der Waals surface area contributed by atoms with Crippen molar-refractivity contribution in [2.75, 3.05) is 7.05 Å². The van der Waals surface area contributed by atoms with E-state index in [0.29, 0.717) is 16.6 Å². The zero-order valence-corrected chi connectivity index (χ0v) is 17.1. The lowest BCUT2D eigenvalue weighted by molar-refractivity contribution is -0.153. The Bertz CT molecular complexity index is 817. The highest BCUT2D eigenvalue weighted by Gasteiger charge is 2.30. The summed E-state index contributed by atoms with van der Waals surface area (Å²) in [4.78, 5) is 26.6. The maximum absolute atomic E-state index is 12.8. The summed E-state index contributed by atoms with van der Waals surface area (Å²) >= 11 is 0. The van der Waals surface area contributed by atoms with Crippen molar-refractivity contribution in [1.82, 2.24) is 15.2 Å². The number of rotatable bonds is 5. The van der Waals surface area contributed by atoms with Crippen molar-refractivity contribution in [3.8, 4) is 0 Å². The Kier molecular flexibility index (Phi) is 7.37. The van der Waals surface area contributed by atoms with E-state index in [2.05, 4.69) is 14.9 Å². The first-order valence-corrected chi connectivity index (χ1v) is 9.32. The molecule has 3 rings (SSSR count). The van der Waals surface area contributed by atoms with Gasteiger partial charge in [0.2, 0.25) is 0 Å². The molecule has 9 heteroatoms. The zero-order valence-electron chi connectivity index (χ0n) is 16.3. The minimum absolute atomic E-state index is 0. The van der Waals surface area contributed by atoms with Gasteiger partial charge in [0.25, 0.3) is 5.91 Å². The van der Waals surface area contributed by atoms with Crippen LogP contribution in [0.3, 0.4) is 0 Å². The van der Waals surface area contributed by atoms with Gasteiger partial charge in [0, 0.05) is 18.7 Å². The third kappa shape index (κ3) is 4.80. The number of nitrogens with zero attached hydrogens (tertiary/aromatic N) is 3. The molecule has 1 atom stereocenters. The average Bonchev–Trinajstić information content (AvgIpc) is 3.14. The van der Waals surface area contributed by atoms with Crippen LogP contribution in [0.5, 0.6) is 0 Å². The van der Waals surface area contributed by atoms with Gasteiger partial charge < -0.3 is 15.4 Å². The third-order valence-electron chi connectivity index (χ3n) is 5.29. The van der Waals surface area contributed by atoms with Gasteiger partial charge in [0.15, 0.2) is 0 Å². The number of hydrogen-bond donors (Lipinski definition) is 1. The molecule has 154 valence electrons. The van der Waals surface area contributed by atoms with Gasteiger partial charge in [-0.25, -0.2) is 4.63 Å². The molecule has 1 fully saturated rings. The van der Waals surface area contributed by atoms with Crippen molar-refractivity contribution in [2.24, 2.45) is 11.7 Å². The molecular formula is C19H27ClN4O4. The van der Waals surface area contributed by atoms with Gasteiger partial charge in [-0.05, 0) is 60.1 Å². The number of esters is 1. The van der Waals surface area contributed by atoms with Crippen LogP contribution in [0.4, 0.5) is 0 Å². The monoisotopic (exact) mass is 410 g/mol. The van der Waals surface area contributed by atoms with Crippen LogP contribution < -0.4 is 5.73 Å². The smallest absolute Gasteiger partial charge is 0.323 e. The second kappa shape index (κ2) is 9.34. The maximum Gasteiger partial charge on any atom is 0.323 e. The molecule has 8 nitrogen and oxygen atoms in total. The van der Waals surface area contributed by atoms with E-state index < -0.39 is 6.04 Å². The standard InChI is InChI=1S/C19H26N4O4.ClH/c1-11(2)17(20)19(25)26-14-7-5-13(6-8-14)23(3)18(24)12-4-9-15-16(10-12)22-27-21-15;/h4,9-11,13-14,17H,5-8,20H2,1-3H3;1H/t13?,14?,17-;/m0./s1. The van der Waals surface area contributed by atoms with Gasteiger partial charge in [0.1, 0.15) is 23.2 Å². The van der Waals surface area contributed by atoms with E-state index in [4.69, 9.17) is 10.5 Å². The van der Waals surface area contributed by atoms with Crippen LogP contribution in [0, 0.1) is 5.92 Å². The van der Waals surface area contributed by atoms with Gasteiger partial charge in [-0.15, -0.1) is 12.4 Å². The molecule has 28 heavy (non-hydrogen) atoms. The van der Waals surface area contributed by atoms with Crippen LogP contribution in [0.1, 0.15) is 49.9 Å². The number of amides is 1. The fraction of sp³-hybridized carbons (Fsp3) is 0.579. The van der Waals surface area contributed by atoms with Gasteiger partial charge in [-0.2, -0.15) is 0 Å². The number of ether oxygens (including phenoxy) is 1. The van der Waals surface area contributed by atoms with Crippen molar-refractivity contribution in [1.29, 1.82) is 0 Å². The molecule has 0 aliphatic heterocycles. The summed E-state index contributed by atoms with van der Waals surface area (Å²) in [7, 11) is 1.80. The number of aromatic nitrogens is 2. The Morgan fingerprint density at radius 1 is 1.18 bits per heavy atom. The number of halogens is 1. The van der Waals surface area contributed by atoms with E-state index >= 15 is 0 Å². The van der Waals surface area contributed by atoms with E-state index in [1.807, 2.05) is 13.8 Å². The Morgan fingerprint density at radius 2 is 1.82 bits per heavy atom. The zero-order chi connectivity index (χ0) is 19.6. The average molecular weight is 411 g/mol. The first-order chi connectivity index (χ1) is 12.9. The Hall–Kier alpha value is -2.19. The SMILES string of the molecule is CC(C)[C@H](N)C(=O)OC1CCC(N(C)C(=O)c2ccc3nonc3c2)CC1.Cl. The predicted molar refractivity (Wildman–Crippen MR) is 106 cm³/mol. The molecule has 1 heterocycles. The van der Waals surface area contributed by atoms with E-state index in [1.54, 1.807) is 30.1 Å². The predicted octanol–water partition coefficient (Wildman–Crippen LogP) is 2.55. The van der Waals surface area contributed by atoms with E-state index in [9.17, 15) is 9.59 Å². The minimum Gasteiger partial charge on any atom is -0.461 e. The minimum atomic E-state index is -0.590. The van der Waals surface area contributed by atoms with E-state index in [0.717, 1.165) is 25.7 Å². The normalized spacial score (nSPS) is 20.5. The summed E-state index contributed by atoms with van der Waals surface area (Å²) in [6.07, 6.45) is 2.89. The molecule has 1 saturated carbocycles. The summed E-state index contributed by atoms with van der Waals surface area (Å²) in [5.41, 5.74) is 7.58. The molecule has 1 aliphatic carbocycles. The first-order valence-electron chi connectivity index (χ1n) is 9.32. The number of benzene rings is 1. The lowest BCUT2D eigenvalue weighted by Gasteiger charge is -2.35. The molecule has 0 saturated heterocycles. The van der Waals surface area contributed by atoms with Gasteiger partial charge in [-0.1, -0.05) is 13.8 Å². The van der Waals surface area contributed by atoms with Crippen LogP contribution in [0.2, 0.25) is 0 Å². The highest BCUT2D eigenvalue weighted by atomic mass is 35.5. The Morgan fingerprint density at radius 3 is 2.46 bits per heavy atom. The molecule has 2 N–H and O–H groups in total. The molecule has 1 aromatic carbocycles. The summed E-state index contributed by atoms with van der Waals surface area (Å²) in [5, 5.41) is 7.53. The number of nitrogens with two attached hydrogens (primary N) is 1. The Balaban J connectivity index is 0.00000280. The lowest BCUT2D eigenvalue weighted by atomic mass is 9.91. The van der Waals surface area contributed by atoms with Gasteiger partial charge in [-0.3, -0.25) is 9.59 Å². The van der Waals surface area contributed by atoms with Crippen molar-refractivity contribution in [3.63, 3.8) is 0 Å². The molecule has 0 unspecified atom stereocenters. The molecule has 1 aliphatic rings. The molecule has 2 aromatic rings. The van der Waals surface area contributed by atoms with Crippen LogP contribution in [-0.2, 0) is 9.53 Å². The second-order valence-corrected chi connectivity index (χ2v) is 7.52. The largest absolute Gasteiger partial charge is 0.461 e. The molecule has 1 aromatic heterocycles. The fourth-order valence-corrected chi connectivity index (χ4v) is 3.35. The van der Waals surface area contributed by atoms with E-state index in [-0.39, 0.29) is 42.3 Å².